The average molecular weight is 380 g/mol. The van der Waals surface area contributed by atoms with Gasteiger partial charge in [-0.25, -0.2) is 8.42 Å². The minimum absolute atomic E-state index is 0.0553. The van der Waals surface area contributed by atoms with Crippen molar-refractivity contribution in [2.45, 2.75) is 43.7 Å². The van der Waals surface area contributed by atoms with Gasteiger partial charge < -0.3 is 14.9 Å². The van der Waals surface area contributed by atoms with E-state index in [4.69, 9.17) is 0 Å². The smallest absolute Gasteiger partial charge is 0.314 e. The Kier molecular flexibility index (Phi) is 5.05. The zero-order chi connectivity index (χ0) is 19.1. The molecular formula is C17H24N4O4S. The zero-order valence-electron chi connectivity index (χ0n) is 15.2. The summed E-state index contributed by atoms with van der Waals surface area (Å²) in [5.41, 5.74) is -0.885. The van der Waals surface area contributed by atoms with E-state index in [9.17, 15) is 18.0 Å². The van der Waals surface area contributed by atoms with Crippen LogP contribution in [-0.2, 0) is 10.0 Å². The summed E-state index contributed by atoms with van der Waals surface area (Å²) < 4.78 is 27.4. The van der Waals surface area contributed by atoms with Crippen LogP contribution in [0.1, 0.15) is 26.7 Å². The second-order valence-corrected chi connectivity index (χ2v) is 9.00. The molecule has 0 spiro atoms. The maximum absolute atomic E-state index is 13.0. The van der Waals surface area contributed by atoms with Crippen LogP contribution in [0.2, 0.25) is 0 Å². The average Bonchev–Trinajstić information content (AvgIpc) is 2.61. The number of benzene rings is 1. The molecule has 8 nitrogen and oxygen atoms in total. The molecule has 2 heterocycles. The van der Waals surface area contributed by atoms with Crippen molar-refractivity contribution in [3.05, 3.63) is 38.9 Å². The minimum atomic E-state index is -3.69. The van der Waals surface area contributed by atoms with E-state index in [1.807, 2.05) is 0 Å². The molecule has 9 heteroatoms. The number of hydrogen-bond donors (Lipinski definition) is 2. The molecule has 1 aliphatic heterocycles. The number of nitrogens with zero attached hydrogens (tertiary/aromatic N) is 2. The van der Waals surface area contributed by atoms with Crippen LogP contribution in [0.15, 0.2) is 32.7 Å². The van der Waals surface area contributed by atoms with Gasteiger partial charge in [0, 0.05) is 19.1 Å². The number of nitrogens with one attached hydrogen (secondary N) is 2. The summed E-state index contributed by atoms with van der Waals surface area (Å²) in [5.74, 6) is 0. The highest BCUT2D eigenvalue weighted by atomic mass is 32.2. The Hall–Kier alpha value is -1.97. The number of aromatic nitrogens is 2. The van der Waals surface area contributed by atoms with Gasteiger partial charge in [0.05, 0.1) is 15.9 Å². The SMILES string of the molecule is CC(C)N1CCC(N(C)S(=O)(=O)c2ccc3[nH]c(=O)c(=O)[nH]c3c2)CC1. The second-order valence-electron chi connectivity index (χ2n) is 7.00. The molecule has 2 N–H and O–H groups in total. The third kappa shape index (κ3) is 3.46. The van der Waals surface area contributed by atoms with E-state index in [1.165, 1.54) is 22.5 Å². The Morgan fingerprint density at radius 3 is 2.23 bits per heavy atom. The number of rotatable bonds is 4. The van der Waals surface area contributed by atoms with Crippen molar-refractivity contribution >= 4 is 21.1 Å². The minimum Gasteiger partial charge on any atom is -0.316 e. The second kappa shape index (κ2) is 6.98. The van der Waals surface area contributed by atoms with Gasteiger partial charge in [0.15, 0.2) is 0 Å². The van der Waals surface area contributed by atoms with Gasteiger partial charge in [-0.15, -0.1) is 0 Å². The first kappa shape index (κ1) is 18.8. The first-order chi connectivity index (χ1) is 12.2. The number of sulfonamides is 1. The molecule has 0 radical (unpaired) electrons. The largest absolute Gasteiger partial charge is 0.316 e. The molecule has 0 unspecified atom stereocenters. The van der Waals surface area contributed by atoms with Crippen LogP contribution in [0.3, 0.4) is 0 Å². The number of piperidine rings is 1. The van der Waals surface area contributed by atoms with Crippen molar-refractivity contribution in [1.29, 1.82) is 0 Å². The quantitative estimate of drug-likeness (QED) is 0.760. The normalized spacial score (nSPS) is 17.4. The monoisotopic (exact) mass is 380 g/mol. The molecular weight excluding hydrogens is 356 g/mol. The molecule has 26 heavy (non-hydrogen) atoms. The molecule has 0 aliphatic carbocycles. The van der Waals surface area contributed by atoms with E-state index in [0.717, 1.165) is 25.9 Å². The standard InChI is InChI=1S/C17H24N4O4S/c1-11(2)21-8-6-12(7-9-21)20(3)26(24,25)13-4-5-14-15(10-13)19-17(23)16(22)18-14/h4-5,10-12H,6-9H2,1-3H3,(H,18,22)(H,19,23). The van der Waals surface area contributed by atoms with E-state index < -0.39 is 21.1 Å². The number of aromatic amines is 2. The lowest BCUT2D eigenvalue weighted by atomic mass is 10.0. The maximum Gasteiger partial charge on any atom is 0.314 e. The third-order valence-corrected chi connectivity index (χ3v) is 7.02. The van der Waals surface area contributed by atoms with E-state index in [2.05, 4.69) is 28.7 Å². The first-order valence-corrected chi connectivity index (χ1v) is 10.1. The van der Waals surface area contributed by atoms with Crippen molar-refractivity contribution in [2.75, 3.05) is 20.1 Å². The van der Waals surface area contributed by atoms with E-state index in [0.29, 0.717) is 17.1 Å². The van der Waals surface area contributed by atoms with Gasteiger partial charge in [0.1, 0.15) is 0 Å². The molecule has 2 aromatic rings. The predicted molar refractivity (Wildman–Crippen MR) is 99.9 cm³/mol. The first-order valence-electron chi connectivity index (χ1n) is 8.68. The van der Waals surface area contributed by atoms with Crippen LogP contribution in [-0.4, -0.2) is 59.8 Å². The van der Waals surface area contributed by atoms with Gasteiger partial charge >= 0.3 is 11.1 Å². The van der Waals surface area contributed by atoms with Crippen molar-refractivity contribution in [1.82, 2.24) is 19.2 Å². The molecule has 0 atom stereocenters. The fourth-order valence-corrected chi connectivity index (χ4v) is 4.83. The number of likely N-dealkylation sites (tertiary alicyclic amines) is 1. The number of H-pyrrole nitrogens is 2. The fourth-order valence-electron chi connectivity index (χ4n) is 3.38. The summed E-state index contributed by atoms with van der Waals surface area (Å²) >= 11 is 0. The molecule has 0 amide bonds. The van der Waals surface area contributed by atoms with Gasteiger partial charge in [-0.2, -0.15) is 4.31 Å². The summed E-state index contributed by atoms with van der Waals surface area (Å²) in [5, 5.41) is 0. The lowest BCUT2D eigenvalue weighted by molar-refractivity contribution is 0.140. The lowest BCUT2D eigenvalue weighted by Gasteiger charge is -2.37. The summed E-state index contributed by atoms with van der Waals surface area (Å²) in [7, 11) is -2.09. The lowest BCUT2D eigenvalue weighted by Crippen LogP contribution is -2.47. The highest BCUT2D eigenvalue weighted by molar-refractivity contribution is 7.89. The Morgan fingerprint density at radius 1 is 1.08 bits per heavy atom. The van der Waals surface area contributed by atoms with Crippen LogP contribution in [0.25, 0.3) is 11.0 Å². The predicted octanol–water partition coefficient (Wildman–Crippen LogP) is 0.710. The molecule has 0 saturated carbocycles. The topological polar surface area (TPSA) is 106 Å². The molecule has 1 aromatic carbocycles. The summed E-state index contributed by atoms with van der Waals surface area (Å²) in [4.78, 5) is 30.2. The van der Waals surface area contributed by atoms with E-state index in [1.54, 1.807) is 7.05 Å². The van der Waals surface area contributed by atoms with Crippen LogP contribution in [0, 0.1) is 0 Å². The number of hydrogen-bond acceptors (Lipinski definition) is 5. The van der Waals surface area contributed by atoms with Crippen LogP contribution in [0.4, 0.5) is 0 Å². The van der Waals surface area contributed by atoms with E-state index >= 15 is 0 Å². The Bertz CT molecular complexity index is 1020. The van der Waals surface area contributed by atoms with Gasteiger partial charge in [0.25, 0.3) is 0 Å². The Balaban J connectivity index is 1.88. The van der Waals surface area contributed by atoms with Gasteiger partial charge in [-0.05, 0) is 58.0 Å². The molecule has 1 aliphatic rings. The summed E-state index contributed by atoms with van der Waals surface area (Å²) in [6.45, 7) is 6.02. The van der Waals surface area contributed by atoms with E-state index in [-0.39, 0.29) is 10.9 Å². The van der Waals surface area contributed by atoms with Crippen molar-refractivity contribution in [3.8, 4) is 0 Å². The van der Waals surface area contributed by atoms with Crippen molar-refractivity contribution < 1.29 is 8.42 Å². The van der Waals surface area contributed by atoms with Crippen LogP contribution < -0.4 is 11.1 Å². The maximum atomic E-state index is 13.0. The van der Waals surface area contributed by atoms with Crippen LogP contribution >= 0.6 is 0 Å². The highest BCUT2D eigenvalue weighted by Crippen LogP contribution is 2.24. The zero-order valence-corrected chi connectivity index (χ0v) is 16.0. The van der Waals surface area contributed by atoms with Gasteiger partial charge in [0.2, 0.25) is 10.0 Å². The molecule has 1 aromatic heterocycles. The summed E-state index contributed by atoms with van der Waals surface area (Å²) in [6, 6.07) is 4.74. The highest BCUT2D eigenvalue weighted by Gasteiger charge is 2.31. The molecule has 1 saturated heterocycles. The fraction of sp³-hybridized carbons (Fsp3) is 0.529. The summed E-state index contributed by atoms with van der Waals surface area (Å²) in [6.07, 6.45) is 1.57. The molecule has 142 valence electrons. The van der Waals surface area contributed by atoms with Gasteiger partial charge in [-0.1, -0.05) is 0 Å². The Labute approximate surface area is 151 Å². The van der Waals surface area contributed by atoms with Crippen molar-refractivity contribution in [2.24, 2.45) is 0 Å². The molecule has 1 fully saturated rings. The van der Waals surface area contributed by atoms with Gasteiger partial charge in [-0.3, -0.25) is 9.59 Å². The third-order valence-electron chi connectivity index (χ3n) is 5.11. The number of fused-ring (bicyclic) bond motifs is 1. The molecule has 3 rings (SSSR count). The Morgan fingerprint density at radius 2 is 1.65 bits per heavy atom. The molecule has 0 bridgehead atoms. The van der Waals surface area contributed by atoms with Crippen LogP contribution in [0.5, 0.6) is 0 Å². The van der Waals surface area contributed by atoms with Crippen molar-refractivity contribution in [3.63, 3.8) is 0 Å².